The second-order valence-corrected chi connectivity index (χ2v) is 5.08. The second kappa shape index (κ2) is 6.27. The van der Waals surface area contributed by atoms with Crippen LogP contribution >= 0.6 is 0 Å². The first kappa shape index (κ1) is 15.8. The van der Waals surface area contributed by atoms with E-state index in [2.05, 4.69) is 5.32 Å². The summed E-state index contributed by atoms with van der Waals surface area (Å²) in [7, 11) is 0. The maximum absolute atomic E-state index is 11.7. The molecule has 0 atom stereocenters. The van der Waals surface area contributed by atoms with Crippen LogP contribution in [0.25, 0.3) is 0 Å². The van der Waals surface area contributed by atoms with Crippen LogP contribution < -0.4 is 10.1 Å². The molecule has 6 heteroatoms. The first-order valence-corrected chi connectivity index (χ1v) is 6.23. The number of carbonyl (C=O) groups excluding carboxylic acids is 1. The maximum atomic E-state index is 11.7. The fourth-order valence-electron chi connectivity index (χ4n) is 1.45. The fourth-order valence-corrected chi connectivity index (χ4v) is 1.45. The second-order valence-electron chi connectivity index (χ2n) is 5.08. The van der Waals surface area contributed by atoms with E-state index in [9.17, 15) is 9.59 Å². The lowest BCUT2D eigenvalue weighted by atomic mass is 10.2. The molecule has 0 radical (unpaired) electrons. The smallest absolute Gasteiger partial charge is 0.412 e. The molecule has 0 bridgehead atoms. The zero-order valence-corrected chi connectivity index (χ0v) is 12.0. The molecule has 0 aliphatic carbocycles. The van der Waals surface area contributed by atoms with E-state index in [1.807, 2.05) is 0 Å². The van der Waals surface area contributed by atoms with Crippen LogP contribution in [-0.4, -0.2) is 29.4 Å². The first-order chi connectivity index (χ1) is 9.23. The predicted octanol–water partition coefficient (Wildman–Crippen LogP) is 3.13. The lowest BCUT2D eigenvalue weighted by molar-refractivity contribution is 0.0634. The van der Waals surface area contributed by atoms with Gasteiger partial charge in [0.15, 0.2) is 0 Å². The normalized spacial score (nSPS) is 10.8. The fraction of sp³-hybridized carbons (Fsp3) is 0.429. The minimum Gasteiger partial charge on any atom is -0.492 e. The van der Waals surface area contributed by atoms with Gasteiger partial charge >= 0.3 is 12.1 Å². The molecule has 0 saturated carbocycles. The van der Waals surface area contributed by atoms with E-state index in [1.165, 1.54) is 18.2 Å². The molecule has 0 unspecified atom stereocenters. The Morgan fingerprint density at radius 2 is 1.95 bits per heavy atom. The zero-order valence-electron chi connectivity index (χ0n) is 12.0. The predicted molar refractivity (Wildman–Crippen MR) is 74.4 cm³/mol. The van der Waals surface area contributed by atoms with Gasteiger partial charge in [-0.05, 0) is 45.9 Å². The van der Waals surface area contributed by atoms with Crippen LogP contribution in [0.15, 0.2) is 18.2 Å². The van der Waals surface area contributed by atoms with Gasteiger partial charge in [-0.1, -0.05) is 0 Å². The van der Waals surface area contributed by atoms with Gasteiger partial charge in [-0.3, -0.25) is 5.32 Å². The van der Waals surface area contributed by atoms with Crippen LogP contribution in [0.5, 0.6) is 5.75 Å². The summed E-state index contributed by atoms with van der Waals surface area (Å²) in [6.07, 6.45) is -0.624. The van der Waals surface area contributed by atoms with E-state index in [1.54, 1.807) is 27.7 Å². The van der Waals surface area contributed by atoms with Crippen molar-refractivity contribution in [3.63, 3.8) is 0 Å². The number of carboxylic acid groups (broad SMARTS) is 1. The highest BCUT2D eigenvalue weighted by Crippen LogP contribution is 2.26. The molecule has 20 heavy (non-hydrogen) atoms. The van der Waals surface area contributed by atoms with Gasteiger partial charge in [-0.25, -0.2) is 9.59 Å². The summed E-state index contributed by atoms with van der Waals surface area (Å²) in [4.78, 5) is 22.6. The summed E-state index contributed by atoms with van der Waals surface area (Å²) >= 11 is 0. The summed E-state index contributed by atoms with van der Waals surface area (Å²) in [5.41, 5.74) is -0.161. The topological polar surface area (TPSA) is 84.9 Å². The van der Waals surface area contributed by atoms with E-state index >= 15 is 0 Å². The molecule has 0 saturated heterocycles. The van der Waals surface area contributed by atoms with Gasteiger partial charge in [0.05, 0.1) is 17.9 Å². The molecule has 1 aromatic rings. The van der Waals surface area contributed by atoms with E-state index in [4.69, 9.17) is 14.6 Å². The van der Waals surface area contributed by atoms with Crippen molar-refractivity contribution >= 4 is 17.7 Å². The number of amides is 1. The van der Waals surface area contributed by atoms with Crippen molar-refractivity contribution in [1.29, 1.82) is 0 Å². The Morgan fingerprint density at radius 1 is 1.30 bits per heavy atom. The molecule has 1 aromatic carbocycles. The number of aromatic carboxylic acids is 1. The molecule has 1 amide bonds. The zero-order chi connectivity index (χ0) is 15.3. The van der Waals surface area contributed by atoms with E-state index in [0.29, 0.717) is 18.0 Å². The Kier molecular flexibility index (Phi) is 4.96. The quantitative estimate of drug-likeness (QED) is 0.885. The van der Waals surface area contributed by atoms with Gasteiger partial charge in [0.25, 0.3) is 0 Å². The van der Waals surface area contributed by atoms with Gasteiger partial charge in [-0.15, -0.1) is 0 Å². The molecule has 2 N–H and O–H groups in total. The number of rotatable bonds is 4. The van der Waals surface area contributed by atoms with E-state index in [-0.39, 0.29) is 5.56 Å². The number of hydrogen-bond acceptors (Lipinski definition) is 4. The highest BCUT2D eigenvalue weighted by Gasteiger charge is 2.18. The van der Waals surface area contributed by atoms with Crippen molar-refractivity contribution in [3.05, 3.63) is 23.8 Å². The molecule has 0 heterocycles. The molecule has 1 rings (SSSR count). The molecule has 0 aromatic heterocycles. The average Bonchev–Trinajstić information content (AvgIpc) is 2.28. The molecule has 0 fully saturated rings. The van der Waals surface area contributed by atoms with Crippen molar-refractivity contribution in [2.45, 2.75) is 33.3 Å². The van der Waals surface area contributed by atoms with Crippen LogP contribution in [0.3, 0.4) is 0 Å². The summed E-state index contributed by atoms with van der Waals surface area (Å²) in [6, 6.07) is 4.22. The summed E-state index contributed by atoms with van der Waals surface area (Å²) < 4.78 is 10.5. The minimum atomic E-state index is -1.06. The largest absolute Gasteiger partial charge is 0.492 e. The summed E-state index contributed by atoms with van der Waals surface area (Å²) in [6.45, 7) is 7.38. The SMILES string of the molecule is CCOc1cc(C(=O)O)ccc1NC(=O)OC(C)(C)C. The average molecular weight is 281 g/mol. The molecule has 6 nitrogen and oxygen atoms in total. The van der Waals surface area contributed by atoms with Gasteiger partial charge in [0, 0.05) is 0 Å². The standard InChI is InChI=1S/C14H19NO5/c1-5-19-11-8-9(12(16)17)6-7-10(11)15-13(18)20-14(2,3)4/h6-8H,5H2,1-4H3,(H,15,18)(H,16,17). The lowest BCUT2D eigenvalue weighted by Gasteiger charge is -2.20. The monoisotopic (exact) mass is 281 g/mol. The molecular weight excluding hydrogens is 262 g/mol. The van der Waals surface area contributed by atoms with Crippen LogP contribution in [0.4, 0.5) is 10.5 Å². The minimum absolute atomic E-state index is 0.0863. The van der Waals surface area contributed by atoms with Crippen LogP contribution in [-0.2, 0) is 4.74 Å². The Hall–Kier alpha value is -2.24. The first-order valence-electron chi connectivity index (χ1n) is 6.23. The number of nitrogens with one attached hydrogen (secondary N) is 1. The molecule has 110 valence electrons. The number of benzene rings is 1. The van der Waals surface area contributed by atoms with E-state index < -0.39 is 17.7 Å². The lowest BCUT2D eigenvalue weighted by Crippen LogP contribution is -2.27. The van der Waals surface area contributed by atoms with E-state index in [0.717, 1.165) is 0 Å². The third-order valence-electron chi connectivity index (χ3n) is 2.16. The Balaban J connectivity index is 2.94. The number of anilines is 1. The Labute approximate surface area is 117 Å². The van der Waals surface area contributed by atoms with Gasteiger partial charge in [0.2, 0.25) is 0 Å². The summed E-state index contributed by atoms with van der Waals surface area (Å²) in [5.74, 6) is -0.770. The van der Waals surface area contributed by atoms with Crippen LogP contribution in [0.2, 0.25) is 0 Å². The molecule has 0 aliphatic rings. The number of hydrogen-bond donors (Lipinski definition) is 2. The Bertz CT molecular complexity index is 505. The number of ether oxygens (including phenoxy) is 2. The third kappa shape index (κ3) is 4.79. The highest BCUT2D eigenvalue weighted by atomic mass is 16.6. The van der Waals surface area contributed by atoms with Crippen molar-refractivity contribution in [1.82, 2.24) is 0 Å². The van der Waals surface area contributed by atoms with Gasteiger partial charge < -0.3 is 14.6 Å². The van der Waals surface area contributed by atoms with Crippen molar-refractivity contribution in [2.75, 3.05) is 11.9 Å². The van der Waals surface area contributed by atoms with Gasteiger partial charge in [-0.2, -0.15) is 0 Å². The third-order valence-corrected chi connectivity index (χ3v) is 2.16. The number of carboxylic acids is 1. The summed E-state index contributed by atoms with van der Waals surface area (Å²) in [5, 5.41) is 11.5. The molecular formula is C14H19NO5. The van der Waals surface area contributed by atoms with Crippen molar-refractivity contribution < 1.29 is 24.2 Å². The van der Waals surface area contributed by atoms with Gasteiger partial charge in [0.1, 0.15) is 11.4 Å². The molecule has 0 spiro atoms. The Morgan fingerprint density at radius 3 is 2.45 bits per heavy atom. The molecule has 0 aliphatic heterocycles. The van der Waals surface area contributed by atoms with Crippen LogP contribution in [0, 0.1) is 0 Å². The van der Waals surface area contributed by atoms with Crippen molar-refractivity contribution in [3.8, 4) is 5.75 Å². The van der Waals surface area contributed by atoms with Crippen molar-refractivity contribution in [2.24, 2.45) is 0 Å². The number of carbonyl (C=O) groups is 2. The maximum Gasteiger partial charge on any atom is 0.412 e. The van der Waals surface area contributed by atoms with Crippen LogP contribution in [0.1, 0.15) is 38.1 Å². The highest BCUT2D eigenvalue weighted by molar-refractivity contribution is 5.92.